The monoisotopic (exact) mass is 280 g/mol. The van der Waals surface area contributed by atoms with Crippen molar-refractivity contribution in [3.63, 3.8) is 0 Å². The zero-order valence-electron chi connectivity index (χ0n) is 12.0. The maximum absolute atomic E-state index is 6.28. The summed E-state index contributed by atoms with van der Waals surface area (Å²) in [6, 6.07) is 6.36. The third-order valence-electron chi connectivity index (χ3n) is 3.43. The van der Waals surface area contributed by atoms with Crippen LogP contribution in [-0.2, 0) is 0 Å². The second-order valence-electron chi connectivity index (χ2n) is 4.95. The molecule has 2 unspecified atom stereocenters. The highest BCUT2D eigenvalue weighted by Crippen LogP contribution is 2.31. The first-order chi connectivity index (χ1) is 9.08. The standard InChI is InChI=1S/C15H21ClN2O/c1-5-6-10(2)18-14-9-12(19-4)7-8-13(14)17-15(18)11(3)16/h7-11H,5-6H2,1-4H3. The van der Waals surface area contributed by atoms with Crippen molar-refractivity contribution in [2.45, 2.75) is 45.0 Å². The molecule has 0 amide bonds. The van der Waals surface area contributed by atoms with E-state index in [0.29, 0.717) is 6.04 Å². The summed E-state index contributed by atoms with van der Waals surface area (Å²) in [6.45, 7) is 6.38. The normalized spacial score (nSPS) is 14.6. The van der Waals surface area contributed by atoms with Crippen molar-refractivity contribution >= 4 is 22.6 Å². The number of nitrogens with zero attached hydrogens (tertiary/aromatic N) is 2. The van der Waals surface area contributed by atoms with Gasteiger partial charge >= 0.3 is 0 Å². The zero-order valence-corrected chi connectivity index (χ0v) is 12.7. The lowest BCUT2D eigenvalue weighted by Gasteiger charge is -2.18. The number of rotatable bonds is 5. The van der Waals surface area contributed by atoms with E-state index in [2.05, 4.69) is 23.4 Å². The van der Waals surface area contributed by atoms with Crippen LogP contribution in [0, 0.1) is 0 Å². The molecule has 0 aliphatic heterocycles. The maximum Gasteiger partial charge on any atom is 0.127 e. The SMILES string of the molecule is CCCC(C)n1c(C(C)Cl)nc2ccc(OC)cc21. The van der Waals surface area contributed by atoms with Crippen LogP contribution in [0.5, 0.6) is 5.75 Å². The molecule has 2 aromatic rings. The molecule has 3 nitrogen and oxygen atoms in total. The number of ether oxygens (including phenoxy) is 1. The summed E-state index contributed by atoms with van der Waals surface area (Å²) in [5.74, 6) is 1.79. The van der Waals surface area contributed by atoms with E-state index in [9.17, 15) is 0 Å². The molecule has 0 aliphatic rings. The van der Waals surface area contributed by atoms with Crippen LogP contribution in [0.15, 0.2) is 18.2 Å². The van der Waals surface area contributed by atoms with Crippen molar-refractivity contribution in [3.8, 4) is 5.75 Å². The van der Waals surface area contributed by atoms with Crippen LogP contribution < -0.4 is 4.74 Å². The number of methoxy groups -OCH3 is 1. The fourth-order valence-corrected chi connectivity index (χ4v) is 2.66. The predicted octanol–water partition coefficient (Wildman–Crippen LogP) is 4.71. The van der Waals surface area contributed by atoms with Gasteiger partial charge in [0.15, 0.2) is 0 Å². The van der Waals surface area contributed by atoms with Gasteiger partial charge in [-0.15, -0.1) is 11.6 Å². The number of hydrogen-bond acceptors (Lipinski definition) is 2. The van der Waals surface area contributed by atoms with E-state index >= 15 is 0 Å². The van der Waals surface area contributed by atoms with E-state index in [-0.39, 0.29) is 5.38 Å². The number of alkyl halides is 1. The van der Waals surface area contributed by atoms with Gasteiger partial charge in [0.1, 0.15) is 11.6 Å². The molecule has 1 aromatic carbocycles. The molecule has 19 heavy (non-hydrogen) atoms. The molecule has 1 aromatic heterocycles. The molecule has 0 saturated heterocycles. The Morgan fingerprint density at radius 1 is 1.37 bits per heavy atom. The van der Waals surface area contributed by atoms with Gasteiger partial charge in [0.05, 0.1) is 23.5 Å². The second kappa shape index (κ2) is 5.83. The van der Waals surface area contributed by atoms with Crippen molar-refractivity contribution in [2.24, 2.45) is 0 Å². The van der Waals surface area contributed by atoms with Crippen molar-refractivity contribution in [1.82, 2.24) is 9.55 Å². The number of imidazole rings is 1. The summed E-state index contributed by atoms with van der Waals surface area (Å²) >= 11 is 6.28. The molecule has 0 aliphatic carbocycles. The van der Waals surface area contributed by atoms with E-state index in [1.165, 1.54) is 0 Å². The molecule has 0 bridgehead atoms. The number of hydrogen-bond donors (Lipinski definition) is 0. The molecule has 0 spiro atoms. The van der Waals surface area contributed by atoms with Gasteiger partial charge in [-0.3, -0.25) is 0 Å². The highest BCUT2D eigenvalue weighted by Gasteiger charge is 2.19. The summed E-state index contributed by atoms with van der Waals surface area (Å²) in [4.78, 5) is 4.67. The molecule has 4 heteroatoms. The Labute approximate surface area is 119 Å². The van der Waals surface area contributed by atoms with Crippen molar-refractivity contribution in [1.29, 1.82) is 0 Å². The number of aromatic nitrogens is 2. The minimum atomic E-state index is -0.0994. The fourth-order valence-electron chi connectivity index (χ4n) is 2.51. The summed E-state index contributed by atoms with van der Waals surface area (Å²) in [6.07, 6.45) is 2.25. The zero-order chi connectivity index (χ0) is 14.0. The third-order valence-corrected chi connectivity index (χ3v) is 3.62. The van der Waals surface area contributed by atoms with Crippen LogP contribution in [0.2, 0.25) is 0 Å². The molecule has 0 fully saturated rings. The van der Waals surface area contributed by atoms with Gasteiger partial charge in [0.25, 0.3) is 0 Å². The Morgan fingerprint density at radius 3 is 2.68 bits per heavy atom. The van der Waals surface area contributed by atoms with Crippen LogP contribution in [0.25, 0.3) is 11.0 Å². The van der Waals surface area contributed by atoms with Gasteiger partial charge in [-0.25, -0.2) is 4.98 Å². The van der Waals surface area contributed by atoms with Gasteiger partial charge in [-0.05, 0) is 32.4 Å². The second-order valence-corrected chi connectivity index (χ2v) is 5.60. The van der Waals surface area contributed by atoms with Crippen molar-refractivity contribution < 1.29 is 4.74 Å². The number of benzene rings is 1. The maximum atomic E-state index is 6.28. The Kier molecular flexibility index (Phi) is 4.35. The molecule has 0 N–H and O–H groups in total. The van der Waals surface area contributed by atoms with E-state index in [1.54, 1.807) is 7.11 Å². The lowest BCUT2D eigenvalue weighted by Crippen LogP contribution is -2.09. The lowest BCUT2D eigenvalue weighted by atomic mass is 10.2. The highest BCUT2D eigenvalue weighted by atomic mass is 35.5. The quantitative estimate of drug-likeness (QED) is 0.742. The smallest absolute Gasteiger partial charge is 0.127 e. The number of fused-ring (bicyclic) bond motifs is 1. The van der Waals surface area contributed by atoms with E-state index < -0.39 is 0 Å². The summed E-state index contributed by atoms with van der Waals surface area (Å²) in [5, 5.41) is -0.0994. The molecule has 104 valence electrons. The Balaban J connectivity index is 2.63. The molecule has 1 heterocycles. The first-order valence-corrected chi connectivity index (χ1v) is 7.22. The van der Waals surface area contributed by atoms with E-state index in [4.69, 9.17) is 16.3 Å². The molecule has 2 atom stereocenters. The lowest BCUT2D eigenvalue weighted by molar-refractivity contribution is 0.415. The summed E-state index contributed by atoms with van der Waals surface area (Å²) < 4.78 is 7.56. The van der Waals surface area contributed by atoms with Crippen LogP contribution in [0.3, 0.4) is 0 Å². The van der Waals surface area contributed by atoms with Crippen LogP contribution in [0.4, 0.5) is 0 Å². The average molecular weight is 281 g/mol. The summed E-state index contributed by atoms with van der Waals surface area (Å²) in [7, 11) is 1.68. The predicted molar refractivity (Wildman–Crippen MR) is 80.2 cm³/mol. The Hall–Kier alpha value is -1.22. The highest BCUT2D eigenvalue weighted by molar-refractivity contribution is 6.20. The van der Waals surface area contributed by atoms with Gasteiger partial charge in [-0.1, -0.05) is 13.3 Å². The minimum Gasteiger partial charge on any atom is -0.497 e. The molecule has 0 radical (unpaired) electrons. The first kappa shape index (κ1) is 14.2. The molecular formula is C15H21ClN2O. The van der Waals surface area contributed by atoms with E-state index in [1.807, 2.05) is 25.1 Å². The molecule has 2 rings (SSSR count). The Bertz CT molecular complexity index is 563. The van der Waals surface area contributed by atoms with Crippen molar-refractivity contribution in [2.75, 3.05) is 7.11 Å². The van der Waals surface area contributed by atoms with Crippen LogP contribution in [-0.4, -0.2) is 16.7 Å². The topological polar surface area (TPSA) is 27.1 Å². The number of halogens is 1. The van der Waals surface area contributed by atoms with E-state index in [0.717, 1.165) is 35.4 Å². The Morgan fingerprint density at radius 2 is 2.11 bits per heavy atom. The van der Waals surface area contributed by atoms with Crippen molar-refractivity contribution in [3.05, 3.63) is 24.0 Å². The largest absolute Gasteiger partial charge is 0.497 e. The molecule has 0 saturated carbocycles. The minimum absolute atomic E-state index is 0.0994. The van der Waals surface area contributed by atoms with Gasteiger partial charge in [-0.2, -0.15) is 0 Å². The summed E-state index contributed by atoms with van der Waals surface area (Å²) in [5.41, 5.74) is 2.08. The van der Waals surface area contributed by atoms with Crippen LogP contribution in [0.1, 0.15) is 50.9 Å². The van der Waals surface area contributed by atoms with Gasteiger partial charge in [0, 0.05) is 12.1 Å². The van der Waals surface area contributed by atoms with Gasteiger partial charge in [0.2, 0.25) is 0 Å². The first-order valence-electron chi connectivity index (χ1n) is 6.78. The van der Waals surface area contributed by atoms with Crippen LogP contribution >= 0.6 is 11.6 Å². The average Bonchev–Trinajstić information content (AvgIpc) is 2.77. The van der Waals surface area contributed by atoms with Gasteiger partial charge < -0.3 is 9.30 Å². The third kappa shape index (κ3) is 2.71. The fraction of sp³-hybridized carbons (Fsp3) is 0.533. The molecular weight excluding hydrogens is 260 g/mol.